The Morgan fingerprint density at radius 3 is 2.39 bits per heavy atom. The minimum Gasteiger partial charge on any atom is -0.379 e. The Morgan fingerprint density at radius 2 is 1.67 bits per heavy atom. The van der Waals surface area contributed by atoms with Crippen LogP contribution in [0.3, 0.4) is 0 Å². The highest BCUT2D eigenvalue weighted by molar-refractivity contribution is 7.80. The number of morpholine rings is 1. The number of hydrogen-bond acceptors (Lipinski definition) is 6. The molecular formula is C25H30N4O3S. The first kappa shape index (κ1) is 22.3. The average molecular weight is 467 g/mol. The van der Waals surface area contributed by atoms with Crippen molar-refractivity contribution in [3.63, 3.8) is 0 Å². The van der Waals surface area contributed by atoms with Gasteiger partial charge >= 0.3 is 0 Å². The van der Waals surface area contributed by atoms with Crippen molar-refractivity contribution in [1.29, 1.82) is 0 Å². The SMILES string of the molecule is O=C1NC(=S)NC(=O)C1=C1C=C(c2ccccc2)N(CCN2CCOCC2)[C@H]2CCCC[C@H]12. The highest BCUT2D eigenvalue weighted by Crippen LogP contribution is 2.43. The van der Waals surface area contributed by atoms with Gasteiger partial charge in [-0.25, -0.2) is 0 Å². The molecule has 0 spiro atoms. The maximum Gasteiger partial charge on any atom is 0.263 e. The highest BCUT2D eigenvalue weighted by atomic mass is 32.1. The lowest BCUT2D eigenvalue weighted by Gasteiger charge is -2.48. The first-order chi connectivity index (χ1) is 16.1. The Hall–Kier alpha value is -2.55. The van der Waals surface area contributed by atoms with Crippen LogP contribution in [0, 0.1) is 5.92 Å². The van der Waals surface area contributed by atoms with E-state index in [-0.39, 0.29) is 22.6 Å². The second kappa shape index (κ2) is 9.75. The summed E-state index contributed by atoms with van der Waals surface area (Å²) < 4.78 is 5.52. The summed E-state index contributed by atoms with van der Waals surface area (Å²) in [6, 6.07) is 10.6. The van der Waals surface area contributed by atoms with E-state index in [1.807, 2.05) is 18.2 Å². The number of amides is 2. The molecule has 2 saturated heterocycles. The molecule has 2 atom stereocenters. The van der Waals surface area contributed by atoms with Crippen LogP contribution in [0.5, 0.6) is 0 Å². The summed E-state index contributed by atoms with van der Waals surface area (Å²) in [6.07, 6.45) is 6.37. The quantitative estimate of drug-likeness (QED) is 0.402. The molecule has 1 saturated carbocycles. The summed E-state index contributed by atoms with van der Waals surface area (Å²) >= 11 is 5.02. The summed E-state index contributed by atoms with van der Waals surface area (Å²) in [5, 5.41) is 5.33. The van der Waals surface area contributed by atoms with Gasteiger partial charge in [0.05, 0.1) is 13.2 Å². The number of allylic oxidation sites excluding steroid dienone is 1. The van der Waals surface area contributed by atoms with Crippen LogP contribution in [0.2, 0.25) is 0 Å². The second-order valence-corrected chi connectivity index (χ2v) is 9.48. The number of thiocarbonyl (C=S) groups is 1. The molecule has 5 rings (SSSR count). The molecule has 0 unspecified atom stereocenters. The van der Waals surface area contributed by atoms with Crippen LogP contribution in [0.4, 0.5) is 0 Å². The average Bonchev–Trinajstić information content (AvgIpc) is 2.83. The maximum absolute atomic E-state index is 12.9. The minimum absolute atomic E-state index is 0.0738. The van der Waals surface area contributed by atoms with Crippen LogP contribution >= 0.6 is 12.2 Å². The van der Waals surface area contributed by atoms with E-state index < -0.39 is 11.8 Å². The number of rotatable bonds is 4. The van der Waals surface area contributed by atoms with Crippen molar-refractivity contribution < 1.29 is 14.3 Å². The van der Waals surface area contributed by atoms with E-state index in [1.54, 1.807) is 0 Å². The van der Waals surface area contributed by atoms with Gasteiger partial charge in [0.25, 0.3) is 11.8 Å². The summed E-state index contributed by atoms with van der Waals surface area (Å²) in [5.41, 5.74) is 3.25. The first-order valence-corrected chi connectivity index (χ1v) is 12.3. The van der Waals surface area contributed by atoms with Crippen LogP contribution in [0.15, 0.2) is 47.6 Å². The van der Waals surface area contributed by atoms with E-state index in [0.717, 1.165) is 81.9 Å². The van der Waals surface area contributed by atoms with Gasteiger partial charge in [-0.2, -0.15) is 0 Å². The van der Waals surface area contributed by atoms with Crippen molar-refractivity contribution in [1.82, 2.24) is 20.4 Å². The first-order valence-electron chi connectivity index (χ1n) is 11.9. The zero-order chi connectivity index (χ0) is 22.8. The summed E-state index contributed by atoms with van der Waals surface area (Å²) in [4.78, 5) is 30.7. The zero-order valence-electron chi connectivity index (χ0n) is 18.7. The monoisotopic (exact) mass is 466 g/mol. The van der Waals surface area contributed by atoms with Gasteiger partial charge in [0.2, 0.25) is 0 Å². The fraction of sp³-hybridized carbons (Fsp3) is 0.480. The minimum atomic E-state index is -0.395. The molecule has 7 nitrogen and oxygen atoms in total. The fourth-order valence-corrected chi connectivity index (χ4v) is 5.75. The van der Waals surface area contributed by atoms with Crippen molar-refractivity contribution in [3.8, 4) is 0 Å². The topological polar surface area (TPSA) is 73.9 Å². The predicted octanol–water partition coefficient (Wildman–Crippen LogP) is 2.06. The molecule has 2 amide bonds. The van der Waals surface area contributed by atoms with Gasteiger partial charge in [0.15, 0.2) is 5.11 Å². The molecule has 3 fully saturated rings. The Bertz CT molecular complexity index is 978. The Morgan fingerprint density at radius 1 is 0.970 bits per heavy atom. The van der Waals surface area contributed by atoms with Crippen molar-refractivity contribution in [2.24, 2.45) is 5.92 Å². The number of hydrogen-bond donors (Lipinski definition) is 2. The van der Waals surface area contributed by atoms with Crippen LogP contribution in [-0.4, -0.2) is 72.2 Å². The summed E-state index contributed by atoms with van der Waals surface area (Å²) in [5.74, 6) is -0.643. The number of carbonyl (C=O) groups excluding carboxylic acids is 2. The van der Waals surface area contributed by atoms with Gasteiger partial charge < -0.3 is 9.64 Å². The van der Waals surface area contributed by atoms with E-state index >= 15 is 0 Å². The molecule has 1 aromatic carbocycles. The van der Waals surface area contributed by atoms with E-state index in [4.69, 9.17) is 17.0 Å². The molecule has 0 radical (unpaired) electrons. The van der Waals surface area contributed by atoms with E-state index in [2.05, 4.69) is 38.6 Å². The maximum atomic E-state index is 12.9. The van der Waals surface area contributed by atoms with Crippen LogP contribution in [0.1, 0.15) is 31.2 Å². The number of fused-ring (bicyclic) bond motifs is 1. The number of benzene rings is 1. The number of nitrogens with one attached hydrogen (secondary N) is 2. The lowest BCUT2D eigenvalue weighted by atomic mass is 9.73. The van der Waals surface area contributed by atoms with Crippen molar-refractivity contribution >= 4 is 34.8 Å². The van der Waals surface area contributed by atoms with Gasteiger partial charge in [-0.1, -0.05) is 43.2 Å². The second-order valence-electron chi connectivity index (χ2n) is 9.07. The molecule has 8 heteroatoms. The zero-order valence-corrected chi connectivity index (χ0v) is 19.5. The van der Waals surface area contributed by atoms with Crippen molar-refractivity contribution in [3.05, 3.63) is 53.1 Å². The van der Waals surface area contributed by atoms with Crippen LogP contribution < -0.4 is 10.6 Å². The van der Waals surface area contributed by atoms with Gasteiger partial charge in [0.1, 0.15) is 5.57 Å². The molecular weight excluding hydrogens is 436 g/mol. The normalized spacial score (nSPS) is 26.5. The molecule has 1 aliphatic carbocycles. The fourth-order valence-electron chi connectivity index (χ4n) is 5.57. The van der Waals surface area contributed by atoms with Gasteiger partial charge in [-0.3, -0.25) is 25.1 Å². The van der Waals surface area contributed by atoms with Crippen molar-refractivity contribution in [2.75, 3.05) is 39.4 Å². The molecule has 0 bridgehead atoms. The number of carbonyl (C=O) groups is 2. The van der Waals surface area contributed by atoms with Gasteiger partial charge in [-0.15, -0.1) is 0 Å². The molecule has 174 valence electrons. The molecule has 33 heavy (non-hydrogen) atoms. The van der Waals surface area contributed by atoms with Crippen molar-refractivity contribution in [2.45, 2.75) is 31.7 Å². The van der Waals surface area contributed by atoms with Crippen LogP contribution in [0.25, 0.3) is 5.70 Å². The predicted molar refractivity (Wildman–Crippen MR) is 130 cm³/mol. The Balaban J connectivity index is 1.57. The largest absolute Gasteiger partial charge is 0.379 e. The molecule has 2 N–H and O–H groups in total. The lowest BCUT2D eigenvalue weighted by molar-refractivity contribution is -0.123. The Kier molecular flexibility index (Phi) is 6.57. The molecule has 3 aliphatic heterocycles. The number of ether oxygens (including phenoxy) is 1. The third-order valence-corrected chi connectivity index (χ3v) is 7.36. The highest BCUT2D eigenvalue weighted by Gasteiger charge is 2.41. The number of nitrogens with zero attached hydrogens (tertiary/aromatic N) is 2. The molecule has 0 aromatic heterocycles. The third kappa shape index (κ3) is 4.60. The summed E-state index contributed by atoms with van der Waals surface area (Å²) in [7, 11) is 0. The van der Waals surface area contributed by atoms with Gasteiger partial charge in [0, 0.05) is 43.8 Å². The summed E-state index contributed by atoms with van der Waals surface area (Å²) in [6.45, 7) is 5.38. The lowest BCUT2D eigenvalue weighted by Crippen LogP contribution is -2.53. The molecule has 3 heterocycles. The van der Waals surface area contributed by atoms with E-state index in [0.29, 0.717) is 0 Å². The van der Waals surface area contributed by atoms with Gasteiger partial charge in [-0.05, 0) is 42.3 Å². The van der Waals surface area contributed by atoms with E-state index in [9.17, 15) is 9.59 Å². The Labute approximate surface area is 199 Å². The molecule has 1 aromatic rings. The smallest absolute Gasteiger partial charge is 0.263 e. The third-order valence-electron chi connectivity index (χ3n) is 7.16. The molecule has 4 aliphatic rings. The van der Waals surface area contributed by atoms with Crippen LogP contribution in [-0.2, 0) is 14.3 Å². The van der Waals surface area contributed by atoms with E-state index in [1.165, 1.54) is 0 Å². The standard InChI is InChI=1S/C25H30N4O3S/c30-23-22(24(31)27-25(33)26-23)19-16-21(17-6-2-1-3-7-17)29(20-9-5-4-8-18(19)20)11-10-28-12-14-32-15-13-28/h1-3,6-7,16,18,20H,4-5,8-15H2,(H2,26,27,30,31,33)/t18-,20+/m1/s1.